The predicted octanol–water partition coefficient (Wildman–Crippen LogP) is 4.38. The monoisotopic (exact) mass is 266 g/mol. The molecule has 1 saturated carbocycles. The van der Waals surface area contributed by atoms with Gasteiger partial charge in [0.1, 0.15) is 0 Å². The zero-order chi connectivity index (χ0) is 14.0. The van der Waals surface area contributed by atoms with Crippen LogP contribution in [0.15, 0.2) is 24.5 Å². The van der Waals surface area contributed by atoms with E-state index in [9.17, 15) is 0 Å². The van der Waals surface area contributed by atoms with Gasteiger partial charge in [-0.1, -0.05) is 32.1 Å². The van der Waals surface area contributed by atoms with E-state index in [0.29, 0.717) is 5.41 Å². The molecule has 20 heavy (non-hydrogen) atoms. The summed E-state index contributed by atoms with van der Waals surface area (Å²) in [4.78, 5) is 4.53. The second-order valence-corrected chi connectivity index (χ2v) is 6.32. The van der Waals surface area contributed by atoms with Crippen molar-refractivity contribution in [3.05, 3.63) is 30.1 Å². The highest BCUT2D eigenvalue weighted by Crippen LogP contribution is 2.37. The molecule has 1 aromatic heterocycles. The summed E-state index contributed by atoms with van der Waals surface area (Å²) in [6, 6.07) is 6.30. The van der Waals surface area contributed by atoms with E-state index < -0.39 is 0 Å². The quantitative estimate of drug-likeness (QED) is 0.738. The van der Waals surface area contributed by atoms with E-state index in [2.05, 4.69) is 46.5 Å². The molecule has 0 N–H and O–H groups in total. The van der Waals surface area contributed by atoms with Crippen LogP contribution in [0.4, 0.5) is 0 Å². The number of hydrogen-bond donors (Lipinski definition) is 0. The van der Waals surface area contributed by atoms with E-state index in [1.807, 2.05) is 13.3 Å². The molecule has 0 bridgehead atoms. The molecule has 1 aliphatic carbocycles. The molecule has 0 radical (unpaired) electrons. The van der Waals surface area contributed by atoms with Crippen molar-refractivity contribution in [2.45, 2.75) is 52.5 Å². The molecule has 2 nitrogen and oxygen atoms in total. The minimum Gasteiger partial charge on any atom is -0.330 e. The maximum atomic E-state index is 4.53. The Hall–Kier alpha value is -1.75. The standard InChI is InChI=1S/C18H22N2/c1-3-7-15-8-9-16-17(12-15)20(14-19-16)13-18(2)10-5-4-6-11-18/h8-9,12,14H,4-6,10-11,13H2,1-2H3. The Labute approximate surface area is 121 Å². The van der Waals surface area contributed by atoms with Crippen molar-refractivity contribution in [2.24, 2.45) is 5.41 Å². The molecule has 0 unspecified atom stereocenters. The fraction of sp³-hybridized carbons (Fsp3) is 0.500. The van der Waals surface area contributed by atoms with Crippen molar-refractivity contribution >= 4 is 11.0 Å². The molecular weight excluding hydrogens is 244 g/mol. The average Bonchev–Trinajstić information content (AvgIpc) is 2.82. The minimum absolute atomic E-state index is 0.429. The van der Waals surface area contributed by atoms with Crippen LogP contribution >= 0.6 is 0 Å². The van der Waals surface area contributed by atoms with E-state index in [-0.39, 0.29) is 0 Å². The van der Waals surface area contributed by atoms with Gasteiger partial charge in [-0.3, -0.25) is 0 Å². The Bertz CT molecular complexity index is 664. The third-order valence-corrected chi connectivity index (χ3v) is 4.50. The Morgan fingerprint density at radius 2 is 2.05 bits per heavy atom. The summed E-state index contributed by atoms with van der Waals surface area (Å²) in [6.07, 6.45) is 8.80. The van der Waals surface area contributed by atoms with Gasteiger partial charge in [-0.05, 0) is 43.4 Å². The lowest BCUT2D eigenvalue weighted by atomic mass is 9.75. The lowest BCUT2D eigenvalue weighted by Crippen LogP contribution is -2.25. The first-order chi connectivity index (χ1) is 9.70. The normalized spacial score (nSPS) is 17.7. The number of imidazole rings is 1. The van der Waals surface area contributed by atoms with Crippen LogP contribution in [-0.2, 0) is 6.54 Å². The number of nitrogens with zero attached hydrogens (tertiary/aromatic N) is 2. The minimum atomic E-state index is 0.429. The van der Waals surface area contributed by atoms with Crippen LogP contribution < -0.4 is 0 Å². The Kier molecular flexibility index (Phi) is 3.53. The van der Waals surface area contributed by atoms with Gasteiger partial charge in [-0.15, -0.1) is 5.92 Å². The van der Waals surface area contributed by atoms with Crippen molar-refractivity contribution in [1.82, 2.24) is 9.55 Å². The fourth-order valence-corrected chi connectivity index (χ4v) is 3.38. The second kappa shape index (κ2) is 5.32. The molecule has 1 heterocycles. The number of rotatable bonds is 2. The Morgan fingerprint density at radius 1 is 1.25 bits per heavy atom. The highest BCUT2D eigenvalue weighted by molar-refractivity contribution is 5.77. The van der Waals surface area contributed by atoms with Crippen LogP contribution in [0.1, 0.15) is 51.5 Å². The summed E-state index contributed by atoms with van der Waals surface area (Å²) in [5, 5.41) is 0. The lowest BCUT2D eigenvalue weighted by molar-refractivity contribution is 0.185. The lowest BCUT2D eigenvalue weighted by Gasteiger charge is -2.34. The smallest absolute Gasteiger partial charge is 0.0958 e. The molecule has 104 valence electrons. The van der Waals surface area contributed by atoms with Gasteiger partial charge in [0, 0.05) is 12.1 Å². The first-order valence-corrected chi connectivity index (χ1v) is 7.58. The van der Waals surface area contributed by atoms with Gasteiger partial charge < -0.3 is 4.57 Å². The van der Waals surface area contributed by atoms with E-state index in [1.165, 1.54) is 37.6 Å². The SMILES string of the molecule is CC#Cc1ccc2ncn(CC3(C)CCCCC3)c2c1. The first kappa shape index (κ1) is 13.2. The van der Waals surface area contributed by atoms with Crippen LogP contribution in [0.25, 0.3) is 11.0 Å². The van der Waals surface area contributed by atoms with Gasteiger partial charge >= 0.3 is 0 Å². The van der Waals surface area contributed by atoms with Crippen molar-refractivity contribution in [3.63, 3.8) is 0 Å². The Morgan fingerprint density at radius 3 is 2.80 bits per heavy atom. The summed E-state index contributed by atoms with van der Waals surface area (Å²) >= 11 is 0. The van der Waals surface area contributed by atoms with Crippen LogP contribution in [0.3, 0.4) is 0 Å². The van der Waals surface area contributed by atoms with Gasteiger partial charge in [0.15, 0.2) is 0 Å². The molecule has 1 aliphatic rings. The van der Waals surface area contributed by atoms with Crippen molar-refractivity contribution in [2.75, 3.05) is 0 Å². The van der Waals surface area contributed by atoms with Crippen molar-refractivity contribution in [3.8, 4) is 11.8 Å². The maximum absolute atomic E-state index is 4.53. The Balaban J connectivity index is 1.94. The van der Waals surface area contributed by atoms with Gasteiger partial charge in [0.2, 0.25) is 0 Å². The van der Waals surface area contributed by atoms with E-state index in [1.54, 1.807) is 0 Å². The van der Waals surface area contributed by atoms with Crippen LogP contribution in [0.2, 0.25) is 0 Å². The third-order valence-electron chi connectivity index (χ3n) is 4.50. The van der Waals surface area contributed by atoms with E-state index >= 15 is 0 Å². The molecule has 2 aromatic rings. The number of fused-ring (bicyclic) bond motifs is 1. The highest BCUT2D eigenvalue weighted by atomic mass is 15.0. The summed E-state index contributed by atoms with van der Waals surface area (Å²) < 4.78 is 2.32. The molecule has 0 aliphatic heterocycles. The van der Waals surface area contributed by atoms with E-state index in [4.69, 9.17) is 0 Å². The molecule has 0 saturated heterocycles. The molecule has 0 amide bonds. The van der Waals surface area contributed by atoms with E-state index in [0.717, 1.165) is 17.6 Å². The van der Waals surface area contributed by atoms with Crippen LogP contribution in [-0.4, -0.2) is 9.55 Å². The molecule has 0 atom stereocenters. The topological polar surface area (TPSA) is 17.8 Å². The maximum Gasteiger partial charge on any atom is 0.0958 e. The van der Waals surface area contributed by atoms with Crippen molar-refractivity contribution < 1.29 is 0 Å². The van der Waals surface area contributed by atoms with Crippen molar-refractivity contribution in [1.29, 1.82) is 0 Å². The predicted molar refractivity (Wildman–Crippen MR) is 83.5 cm³/mol. The summed E-state index contributed by atoms with van der Waals surface area (Å²) in [7, 11) is 0. The molecule has 1 aromatic carbocycles. The number of benzene rings is 1. The number of hydrogen-bond acceptors (Lipinski definition) is 1. The molecule has 3 rings (SSSR count). The van der Waals surface area contributed by atoms with Crippen LogP contribution in [0.5, 0.6) is 0 Å². The summed E-state index contributed by atoms with van der Waals surface area (Å²) in [5.74, 6) is 6.11. The second-order valence-electron chi connectivity index (χ2n) is 6.32. The van der Waals surface area contributed by atoms with Gasteiger partial charge in [0.05, 0.1) is 17.4 Å². The largest absolute Gasteiger partial charge is 0.330 e. The molecular formula is C18H22N2. The van der Waals surface area contributed by atoms with Gasteiger partial charge in [0.25, 0.3) is 0 Å². The third kappa shape index (κ3) is 2.58. The average molecular weight is 266 g/mol. The first-order valence-electron chi connectivity index (χ1n) is 7.58. The molecule has 0 spiro atoms. The highest BCUT2D eigenvalue weighted by Gasteiger charge is 2.27. The van der Waals surface area contributed by atoms with Gasteiger partial charge in [-0.2, -0.15) is 0 Å². The molecule has 2 heteroatoms. The zero-order valence-corrected chi connectivity index (χ0v) is 12.4. The zero-order valence-electron chi connectivity index (χ0n) is 12.4. The summed E-state index contributed by atoms with van der Waals surface area (Å²) in [6.45, 7) is 5.38. The summed E-state index contributed by atoms with van der Waals surface area (Å²) in [5.41, 5.74) is 3.80. The van der Waals surface area contributed by atoms with Gasteiger partial charge in [-0.25, -0.2) is 4.98 Å². The van der Waals surface area contributed by atoms with Crippen LogP contribution in [0, 0.1) is 17.3 Å². The fourth-order valence-electron chi connectivity index (χ4n) is 3.38. The number of aromatic nitrogens is 2. The molecule has 1 fully saturated rings.